The number of fused-ring (bicyclic) bond motifs is 2. The Bertz CT molecular complexity index is 423. The van der Waals surface area contributed by atoms with Crippen molar-refractivity contribution in [2.45, 2.75) is 43.4 Å². The normalized spacial score (nSPS) is 37.4. The lowest BCUT2D eigenvalue weighted by Crippen LogP contribution is -2.48. The highest BCUT2D eigenvalue weighted by molar-refractivity contribution is 6.29. The van der Waals surface area contributed by atoms with E-state index in [1.807, 2.05) is 12.1 Å². The van der Waals surface area contributed by atoms with Gasteiger partial charge in [-0.15, -0.1) is 0 Å². The molecule has 3 atom stereocenters. The van der Waals surface area contributed by atoms with Gasteiger partial charge in [-0.3, -0.25) is 0 Å². The summed E-state index contributed by atoms with van der Waals surface area (Å²) in [6.45, 7) is 0. The summed E-state index contributed by atoms with van der Waals surface area (Å²) in [6, 6.07) is 6.47. The molecule has 0 spiro atoms. The predicted molar refractivity (Wildman–Crippen MR) is 67.0 cm³/mol. The van der Waals surface area contributed by atoms with Crippen LogP contribution in [0.5, 0.6) is 0 Å². The lowest BCUT2D eigenvalue weighted by Gasteiger charge is -2.41. The van der Waals surface area contributed by atoms with Gasteiger partial charge in [0.05, 0.1) is 5.69 Å². The Kier molecular flexibility index (Phi) is 2.65. The maximum absolute atomic E-state index is 10.8. The van der Waals surface area contributed by atoms with Crippen LogP contribution in [0.25, 0.3) is 0 Å². The Balaban J connectivity index is 1.93. The molecule has 2 aliphatic rings. The van der Waals surface area contributed by atoms with Gasteiger partial charge in [0.2, 0.25) is 0 Å². The molecule has 17 heavy (non-hydrogen) atoms. The number of piperidine rings is 1. The Morgan fingerprint density at radius 1 is 1.35 bits per heavy atom. The SMILES string of the molecule is CN1[C@@H]2CC[C@H]1CC(O)(c1cccc(Cl)n1)C2. The first-order chi connectivity index (χ1) is 8.08. The molecule has 1 unspecified atom stereocenters. The number of aliphatic hydroxyl groups is 1. The highest BCUT2D eigenvalue weighted by Crippen LogP contribution is 2.44. The third-order valence-electron chi connectivity index (χ3n) is 4.32. The van der Waals surface area contributed by atoms with Crippen molar-refractivity contribution < 1.29 is 5.11 Å². The Morgan fingerprint density at radius 2 is 2.00 bits per heavy atom. The molecule has 3 rings (SSSR count). The van der Waals surface area contributed by atoms with Gasteiger partial charge in [-0.05, 0) is 44.9 Å². The van der Waals surface area contributed by atoms with Gasteiger partial charge in [-0.2, -0.15) is 0 Å². The molecule has 2 aliphatic heterocycles. The van der Waals surface area contributed by atoms with Gasteiger partial charge in [-0.25, -0.2) is 4.98 Å². The number of rotatable bonds is 1. The maximum atomic E-state index is 10.8. The summed E-state index contributed by atoms with van der Waals surface area (Å²) < 4.78 is 0. The zero-order valence-corrected chi connectivity index (χ0v) is 10.7. The highest BCUT2D eigenvalue weighted by atomic mass is 35.5. The number of pyridine rings is 1. The number of halogens is 1. The first kappa shape index (κ1) is 11.5. The van der Waals surface area contributed by atoms with Gasteiger partial charge in [0.25, 0.3) is 0 Å². The van der Waals surface area contributed by atoms with Crippen LogP contribution in [0.2, 0.25) is 5.15 Å². The molecule has 1 aromatic rings. The number of aromatic nitrogens is 1. The second kappa shape index (κ2) is 3.94. The minimum Gasteiger partial charge on any atom is -0.383 e. The van der Waals surface area contributed by atoms with Crippen molar-refractivity contribution in [2.24, 2.45) is 0 Å². The fourth-order valence-corrected chi connectivity index (χ4v) is 3.49. The molecule has 2 bridgehead atoms. The lowest BCUT2D eigenvalue weighted by atomic mass is 9.83. The summed E-state index contributed by atoms with van der Waals surface area (Å²) in [7, 11) is 2.16. The Hall–Kier alpha value is -0.640. The van der Waals surface area contributed by atoms with Gasteiger partial charge >= 0.3 is 0 Å². The smallest absolute Gasteiger partial charge is 0.129 e. The molecule has 1 N–H and O–H groups in total. The summed E-state index contributed by atoms with van der Waals surface area (Å²) in [5, 5.41) is 11.3. The average Bonchev–Trinajstić information content (AvgIpc) is 2.53. The van der Waals surface area contributed by atoms with Crippen LogP contribution in [0.1, 0.15) is 31.4 Å². The Morgan fingerprint density at radius 3 is 2.59 bits per heavy atom. The van der Waals surface area contributed by atoms with Crippen LogP contribution in [-0.4, -0.2) is 34.1 Å². The van der Waals surface area contributed by atoms with E-state index in [4.69, 9.17) is 11.6 Å². The van der Waals surface area contributed by atoms with E-state index in [-0.39, 0.29) is 0 Å². The second-order valence-electron chi connectivity index (χ2n) is 5.34. The van der Waals surface area contributed by atoms with Gasteiger partial charge < -0.3 is 10.0 Å². The van der Waals surface area contributed by atoms with Crippen molar-refractivity contribution >= 4 is 11.6 Å². The van der Waals surface area contributed by atoms with Gasteiger partial charge in [0, 0.05) is 12.1 Å². The van der Waals surface area contributed by atoms with E-state index in [0.29, 0.717) is 17.2 Å². The van der Waals surface area contributed by atoms with Crippen LogP contribution >= 0.6 is 11.6 Å². The number of hydrogen-bond donors (Lipinski definition) is 1. The molecule has 0 aliphatic carbocycles. The number of nitrogens with zero attached hydrogens (tertiary/aromatic N) is 2. The monoisotopic (exact) mass is 252 g/mol. The van der Waals surface area contributed by atoms with E-state index in [2.05, 4.69) is 16.9 Å². The van der Waals surface area contributed by atoms with E-state index in [1.165, 1.54) is 12.8 Å². The third-order valence-corrected chi connectivity index (χ3v) is 4.53. The van der Waals surface area contributed by atoms with E-state index in [0.717, 1.165) is 18.5 Å². The molecule has 0 aromatic carbocycles. The largest absolute Gasteiger partial charge is 0.383 e. The maximum Gasteiger partial charge on any atom is 0.129 e. The third kappa shape index (κ3) is 1.86. The summed E-state index contributed by atoms with van der Waals surface area (Å²) in [4.78, 5) is 6.69. The van der Waals surface area contributed by atoms with Crippen molar-refractivity contribution in [2.75, 3.05) is 7.05 Å². The van der Waals surface area contributed by atoms with Crippen LogP contribution < -0.4 is 0 Å². The van der Waals surface area contributed by atoms with Crippen LogP contribution in [0.4, 0.5) is 0 Å². The molecule has 0 radical (unpaired) electrons. The van der Waals surface area contributed by atoms with Crippen molar-refractivity contribution in [3.05, 3.63) is 29.0 Å². The zero-order chi connectivity index (χ0) is 12.0. The van der Waals surface area contributed by atoms with Crippen molar-refractivity contribution in [1.82, 2.24) is 9.88 Å². The van der Waals surface area contributed by atoms with Crippen molar-refractivity contribution in [3.63, 3.8) is 0 Å². The first-order valence-electron chi connectivity index (χ1n) is 6.16. The molecule has 3 heterocycles. The second-order valence-corrected chi connectivity index (χ2v) is 5.72. The molecule has 1 aromatic heterocycles. The molecule has 0 saturated carbocycles. The Labute approximate surface area is 106 Å². The molecule has 92 valence electrons. The van der Waals surface area contributed by atoms with Gasteiger partial charge in [0.1, 0.15) is 10.8 Å². The van der Waals surface area contributed by atoms with Crippen molar-refractivity contribution in [3.8, 4) is 0 Å². The highest BCUT2D eigenvalue weighted by Gasteiger charge is 2.47. The molecule has 2 saturated heterocycles. The van der Waals surface area contributed by atoms with E-state index in [9.17, 15) is 5.11 Å². The van der Waals surface area contributed by atoms with Gasteiger partial charge in [-0.1, -0.05) is 17.7 Å². The van der Waals surface area contributed by atoms with E-state index >= 15 is 0 Å². The van der Waals surface area contributed by atoms with Crippen LogP contribution in [0, 0.1) is 0 Å². The van der Waals surface area contributed by atoms with Crippen LogP contribution in [0.3, 0.4) is 0 Å². The molecule has 3 nitrogen and oxygen atoms in total. The number of hydrogen-bond acceptors (Lipinski definition) is 3. The molecule has 0 amide bonds. The first-order valence-corrected chi connectivity index (χ1v) is 6.54. The standard InChI is InChI=1S/C13H17ClN2O/c1-16-9-5-6-10(16)8-13(17,7-9)11-3-2-4-12(14)15-11/h2-4,9-10,17H,5-8H2,1H3/t9-,10+,13?. The summed E-state index contributed by atoms with van der Waals surface area (Å²) >= 11 is 5.91. The summed E-state index contributed by atoms with van der Waals surface area (Å²) in [5.74, 6) is 0. The molecule has 2 fully saturated rings. The summed E-state index contributed by atoms with van der Waals surface area (Å²) in [6.07, 6.45) is 3.91. The van der Waals surface area contributed by atoms with Crippen LogP contribution in [-0.2, 0) is 5.60 Å². The average molecular weight is 253 g/mol. The summed E-state index contributed by atoms with van der Waals surface area (Å²) in [5.41, 5.74) is -0.0570. The zero-order valence-electron chi connectivity index (χ0n) is 9.93. The minimum atomic E-state index is -0.788. The topological polar surface area (TPSA) is 36.4 Å². The molecular formula is C13H17ClN2O. The van der Waals surface area contributed by atoms with E-state index in [1.54, 1.807) is 6.07 Å². The predicted octanol–water partition coefficient (Wildman–Crippen LogP) is 2.18. The quantitative estimate of drug-likeness (QED) is 0.779. The van der Waals surface area contributed by atoms with Gasteiger partial charge in [0.15, 0.2) is 0 Å². The molecule has 4 heteroatoms. The van der Waals surface area contributed by atoms with Crippen molar-refractivity contribution in [1.29, 1.82) is 0 Å². The lowest BCUT2D eigenvalue weighted by molar-refractivity contribution is -0.0523. The minimum absolute atomic E-state index is 0.460. The molecular weight excluding hydrogens is 236 g/mol. The van der Waals surface area contributed by atoms with E-state index < -0.39 is 5.60 Å². The van der Waals surface area contributed by atoms with Crippen LogP contribution in [0.15, 0.2) is 18.2 Å². The fourth-order valence-electron chi connectivity index (χ4n) is 3.32. The fraction of sp³-hybridized carbons (Fsp3) is 0.615.